The maximum atomic E-state index is 13.0. The molecule has 0 radical (unpaired) electrons. The van der Waals surface area contributed by atoms with Crippen LogP contribution in [0, 0.1) is 11.8 Å². The summed E-state index contributed by atoms with van der Waals surface area (Å²) in [5.41, 5.74) is 0.133. The van der Waals surface area contributed by atoms with Gasteiger partial charge in [0.1, 0.15) is 5.69 Å². The molecule has 0 spiro atoms. The first-order chi connectivity index (χ1) is 12.6. The molecule has 1 aromatic heterocycles. The highest BCUT2D eigenvalue weighted by Crippen LogP contribution is 2.35. The van der Waals surface area contributed by atoms with E-state index in [1.807, 2.05) is 4.90 Å². The van der Waals surface area contributed by atoms with E-state index in [0.717, 1.165) is 32.4 Å². The van der Waals surface area contributed by atoms with Gasteiger partial charge in [0.25, 0.3) is 11.5 Å². The summed E-state index contributed by atoms with van der Waals surface area (Å²) in [6.45, 7) is 3.16. The largest absolute Gasteiger partial charge is 0.376 e. The molecule has 0 N–H and O–H groups in total. The molecule has 0 saturated carbocycles. The van der Waals surface area contributed by atoms with Gasteiger partial charge in [-0.1, -0.05) is 6.07 Å². The third kappa shape index (κ3) is 2.94. The number of ether oxygens (including phenoxy) is 1. The number of fused-ring (bicyclic) bond motifs is 1. The molecule has 0 aromatic carbocycles. The van der Waals surface area contributed by atoms with E-state index in [0.29, 0.717) is 25.4 Å². The molecule has 140 valence electrons. The zero-order chi connectivity index (χ0) is 18.3. The maximum Gasteiger partial charge on any atom is 0.270 e. The Morgan fingerprint density at radius 3 is 2.65 bits per heavy atom. The summed E-state index contributed by atoms with van der Waals surface area (Å²) in [7, 11) is 1.60. The standard InChI is InChI=1S/C19H25N3O4/c1-20-15(5-4-6-17(20)23)19(25)22-11-14(13-7-10-26-16(13)12-22)18(24)21-8-2-3-9-21/h4-6,13-14,16H,2-3,7-12H2,1H3/t13-,14+,16+/m0/s1. The number of pyridine rings is 1. The summed E-state index contributed by atoms with van der Waals surface area (Å²) in [5, 5.41) is 0. The van der Waals surface area contributed by atoms with Gasteiger partial charge in [0.15, 0.2) is 0 Å². The van der Waals surface area contributed by atoms with E-state index in [2.05, 4.69) is 0 Å². The third-order valence-electron chi connectivity index (χ3n) is 6.02. The highest BCUT2D eigenvalue weighted by molar-refractivity contribution is 5.93. The predicted octanol–water partition coefficient (Wildman–Crippen LogP) is 0.485. The van der Waals surface area contributed by atoms with Crippen LogP contribution in [0.25, 0.3) is 0 Å². The fraction of sp³-hybridized carbons (Fsp3) is 0.632. The van der Waals surface area contributed by atoms with Crippen LogP contribution in [0.5, 0.6) is 0 Å². The van der Waals surface area contributed by atoms with Gasteiger partial charge in [-0.15, -0.1) is 0 Å². The van der Waals surface area contributed by atoms with Gasteiger partial charge in [0.05, 0.1) is 12.0 Å². The van der Waals surface area contributed by atoms with Crippen LogP contribution >= 0.6 is 0 Å². The molecule has 4 heterocycles. The second-order valence-corrected chi connectivity index (χ2v) is 7.52. The Hall–Kier alpha value is -2.15. The maximum absolute atomic E-state index is 13.0. The third-order valence-corrected chi connectivity index (χ3v) is 6.02. The van der Waals surface area contributed by atoms with Crippen LogP contribution in [0.1, 0.15) is 29.8 Å². The SMILES string of the molecule is Cn1c(C(=O)N2C[C@H]3OCC[C@H]3[C@H](C(=O)N3CCCC3)C2)cccc1=O. The first-order valence-electron chi connectivity index (χ1n) is 9.42. The van der Waals surface area contributed by atoms with E-state index < -0.39 is 0 Å². The summed E-state index contributed by atoms with van der Waals surface area (Å²) in [5.74, 6) is -0.0772. The van der Waals surface area contributed by atoms with Crippen molar-refractivity contribution in [2.24, 2.45) is 18.9 Å². The molecule has 4 rings (SSSR count). The second-order valence-electron chi connectivity index (χ2n) is 7.52. The summed E-state index contributed by atoms with van der Waals surface area (Å²) in [6.07, 6.45) is 2.89. The fourth-order valence-corrected chi connectivity index (χ4v) is 4.52. The topological polar surface area (TPSA) is 71.8 Å². The molecule has 3 aliphatic rings. The highest BCUT2D eigenvalue weighted by atomic mass is 16.5. The Labute approximate surface area is 152 Å². The first kappa shape index (κ1) is 17.3. The monoisotopic (exact) mass is 359 g/mol. The van der Waals surface area contributed by atoms with Crippen molar-refractivity contribution in [1.82, 2.24) is 14.4 Å². The smallest absolute Gasteiger partial charge is 0.270 e. The molecule has 7 heteroatoms. The predicted molar refractivity (Wildman–Crippen MR) is 94.7 cm³/mol. The summed E-state index contributed by atoms with van der Waals surface area (Å²) >= 11 is 0. The van der Waals surface area contributed by atoms with Crippen LogP contribution in [0.15, 0.2) is 23.0 Å². The molecule has 3 fully saturated rings. The van der Waals surface area contributed by atoms with E-state index in [1.165, 1.54) is 10.6 Å². The van der Waals surface area contributed by atoms with Crippen LogP contribution in [-0.4, -0.2) is 65.1 Å². The minimum Gasteiger partial charge on any atom is -0.376 e. The van der Waals surface area contributed by atoms with Gasteiger partial charge in [0.2, 0.25) is 5.91 Å². The molecule has 7 nitrogen and oxygen atoms in total. The fourth-order valence-electron chi connectivity index (χ4n) is 4.52. The number of carbonyl (C=O) groups is 2. The minimum atomic E-state index is -0.215. The number of likely N-dealkylation sites (tertiary alicyclic amines) is 2. The van der Waals surface area contributed by atoms with Gasteiger partial charge in [-0.25, -0.2) is 0 Å². The zero-order valence-corrected chi connectivity index (χ0v) is 15.1. The molecule has 2 amide bonds. The van der Waals surface area contributed by atoms with Gasteiger partial charge >= 0.3 is 0 Å². The molecule has 0 unspecified atom stereocenters. The molecule has 0 aliphatic carbocycles. The van der Waals surface area contributed by atoms with Crippen molar-refractivity contribution in [3.8, 4) is 0 Å². The van der Waals surface area contributed by atoms with Crippen molar-refractivity contribution in [2.75, 3.05) is 32.8 Å². The van der Waals surface area contributed by atoms with Gasteiger partial charge in [-0.2, -0.15) is 0 Å². The van der Waals surface area contributed by atoms with E-state index >= 15 is 0 Å². The molecule has 26 heavy (non-hydrogen) atoms. The van der Waals surface area contributed by atoms with Crippen molar-refractivity contribution < 1.29 is 14.3 Å². The van der Waals surface area contributed by atoms with Gasteiger partial charge in [-0.05, 0) is 25.3 Å². The van der Waals surface area contributed by atoms with Crippen molar-refractivity contribution in [3.63, 3.8) is 0 Å². The molecule has 1 aromatic rings. The molecule has 3 aliphatic heterocycles. The second kappa shape index (κ2) is 6.87. The summed E-state index contributed by atoms with van der Waals surface area (Å²) < 4.78 is 7.20. The van der Waals surface area contributed by atoms with Crippen molar-refractivity contribution in [1.29, 1.82) is 0 Å². The lowest BCUT2D eigenvalue weighted by atomic mass is 9.81. The molecular formula is C19H25N3O4. The molecule has 3 saturated heterocycles. The van der Waals surface area contributed by atoms with Crippen LogP contribution in [-0.2, 0) is 16.6 Å². The van der Waals surface area contributed by atoms with Crippen LogP contribution < -0.4 is 5.56 Å². The lowest BCUT2D eigenvalue weighted by Gasteiger charge is -2.40. The lowest BCUT2D eigenvalue weighted by Crippen LogP contribution is -2.55. The van der Waals surface area contributed by atoms with E-state index in [9.17, 15) is 14.4 Å². The average Bonchev–Trinajstić information content (AvgIpc) is 3.33. The number of hydrogen-bond donors (Lipinski definition) is 0. The Morgan fingerprint density at radius 2 is 1.88 bits per heavy atom. The normalized spacial score (nSPS) is 28.3. The molecule has 3 atom stereocenters. The number of rotatable bonds is 2. The first-order valence-corrected chi connectivity index (χ1v) is 9.42. The quantitative estimate of drug-likeness (QED) is 0.770. The highest BCUT2D eigenvalue weighted by Gasteiger charge is 2.46. The number of amides is 2. The summed E-state index contributed by atoms with van der Waals surface area (Å²) in [6, 6.07) is 4.69. The van der Waals surface area contributed by atoms with Gasteiger partial charge < -0.3 is 19.1 Å². The Morgan fingerprint density at radius 1 is 1.12 bits per heavy atom. The van der Waals surface area contributed by atoms with Crippen molar-refractivity contribution >= 4 is 11.8 Å². The van der Waals surface area contributed by atoms with E-state index in [4.69, 9.17) is 4.74 Å². The van der Waals surface area contributed by atoms with E-state index in [1.54, 1.807) is 24.1 Å². The van der Waals surface area contributed by atoms with Crippen LogP contribution in [0.4, 0.5) is 0 Å². The zero-order valence-electron chi connectivity index (χ0n) is 15.1. The van der Waals surface area contributed by atoms with Crippen LogP contribution in [0.2, 0.25) is 0 Å². The molecule has 0 bridgehead atoms. The molecular weight excluding hydrogens is 334 g/mol. The van der Waals surface area contributed by atoms with Gasteiger partial charge in [-0.3, -0.25) is 14.4 Å². The lowest BCUT2D eigenvalue weighted by molar-refractivity contribution is -0.139. The Kier molecular flexibility index (Phi) is 4.56. The van der Waals surface area contributed by atoms with Crippen molar-refractivity contribution in [2.45, 2.75) is 25.4 Å². The number of aromatic nitrogens is 1. The van der Waals surface area contributed by atoms with Crippen LogP contribution in [0.3, 0.4) is 0 Å². The summed E-state index contributed by atoms with van der Waals surface area (Å²) in [4.78, 5) is 41.6. The Balaban J connectivity index is 1.59. The van der Waals surface area contributed by atoms with Crippen molar-refractivity contribution in [3.05, 3.63) is 34.2 Å². The number of carbonyl (C=O) groups excluding carboxylic acids is 2. The average molecular weight is 359 g/mol. The Bertz CT molecular complexity index is 768. The van der Waals surface area contributed by atoms with E-state index in [-0.39, 0.29) is 35.3 Å². The number of hydrogen-bond acceptors (Lipinski definition) is 4. The number of piperidine rings is 1. The van der Waals surface area contributed by atoms with Gasteiger partial charge in [0, 0.05) is 51.8 Å². The number of nitrogens with zero attached hydrogens (tertiary/aromatic N) is 3. The minimum absolute atomic E-state index is 0.0926.